The lowest BCUT2D eigenvalue weighted by Crippen LogP contribution is -2.19. The Hall–Kier alpha value is -2.03. The van der Waals surface area contributed by atoms with Gasteiger partial charge in [-0.1, -0.05) is 6.92 Å². The van der Waals surface area contributed by atoms with Crippen molar-refractivity contribution in [2.45, 2.75) is 32.2 Å². The summed E-state index contributed by atoms with van der Waals surface area (Å²) in [6.07, 6.45) is -7.65. The fourth-order valence-electron chi connectivity index (χ4n) is 2.52. The molecule has 0 aliphatic carbocycles. The van der Waals surface area contributed by atoms with Crippen molar-refractivity contribution in [3.05, 3.63) is 41.2 Å². The van der Waals surface area contributed by atoms with Crippen LogP contribution in [0.4, 0.5) is 26.3 Å². The van der Waals surface area contributed by atoms with Crippen LogP contribution in [0.25, 0.3) is 11.1 Å². The van der Waals surface area contributed by atoms with E-state index in [0.29, 0.717) is 24.4 Å². The van der Waals surface area contributed by atoms with Crippen LogP contribution in [0.1, 0.15) is 30.2 Å². The Kier molecular flexibility index (Phi) is 5.46. The van der Waals surface area contributed by atoms with E-state index in [1.165, 1.54) is 6.20 Å². The molecule has 0 atom stereocenters. The molecule has 1 N–H and O–H groups in total. The van der Waals surface area contributed by atoms with E-state index < -0.39 is 23.5 Å². The molecule has 0 spiro atoms. The van der Waals surface area contributed by atoms with Gasteiger partial charge in [-0.2, -0.15) is 31.4 Å². The molecule has 25 heavy (non-hydrogen) atoms. The van der Waals surface area contributed by atoms with Gasteiger partial charge in [-0.15, -0.1) is 0 Å². The first-order valence-corrected chi connectivity index (χ1v) is 7.53. The Labute approximate surface area is 140 Å². The second-order valence-electron chi connectivity index (χ2n) is 5.79. The van der Waals surface area contributed by atoms with Gasteiger partial charge in [0, 0.05) is 12.1 Å². The lowest BCUT2D eigenvalue weighted by Gasteiger charge is -2.17. The first-order valence-electron chi connectivity index (χ1n) is 7.53. The topological polar surface area (TPSA) is 31.9 Å². The Morgan fingerprint density at radius 1 is 1.00 bits per heavy atom. The lowest BCUT2D eigenvalue weighted by molar-refractivity contribution is -0.143. The maximum Gasteiger partial charge on any atom is 0.416 e. The minimum absolute atomic E-state index is 0.118. The van der Waals surface area contributed by atoms with Crippen molar-refractivity contribution in [2.75, 3.05) is 13.6 Å². The van der Waals surface area contributed by atoms with Gasteiger partial charge < -0.3 is 4.90 Å². The monoisotopic (exact) mass is 365 g/mol. The standard InChI is InChI=1S/C16H17F6N3/c1-3-4-25(2)9-14-13(8-23-24-14)10-5-11(15(17,18)19)7-12(6-10)16(20,21)22/h5-8H,3-4,9H2,1-2H3,(H,23,24). The molecule has 0 aliphatic heterocycles. The van der Waals surface area contributed by atoms with Crippen molar-refractivity contribution in [3.63, 3.8) is 0 Å². The molecule has 0 saturated heterocycles. The van der Waals surface area contributed by atoms with Crippen LogP contribution in [0.15, 0.2) is 24.4 Å². The molecule has 0 aliphatic rings. The molecule has 0 unspecified atom stereocenters. The van der Waals surface area contributed by atoms with E-state index >= 15 is 0 Å². The molecule has 138 valence electrons. The van der Waals surface area contributed by atoms with E-state index in [1.54, 1.807) is 7.05 Å². The molecule has 2 aromatic rings. The summed E-state index contributed by atoms with van der Waals surface area (Å²) in [6, 6.07) is 1.54. The fourth-order valence-corrected chi connectivity index (χ4v) is 2.52. The van der Waals surface area contributed by atoms with Crippen LogP contribution in [0.3, 0.4) is 0 Å². The predicted octanol–water partition coefficient (Wildman–Crippen LogP) is 4.96. The molecular formula is C16H17F6N3. The lowest BCUT2D eigenvalue weighted by atomic mass is 9.99. The van der Waals surface area contributed by atoms with E-state index in [-0.39, 0.29) is 17.2 Å². The summed E-state index contributed by atoms with van der Waals surface area (Å²) in [5.74, 6) is 0. The number of alkyl halides is 6. The molecule has 0 fully saturated rings. The molecule has 2 rings (SSSR count). The van der Waals surface area contributed by atoms with Crippen LogP contribution in [-0.2, 0) is 18.9 Å². The van der Waals surface area contributed by atoms with Crippen LogP contribution in [-0.4, -0.2) is 28.7 Å². The van der Waals surface area contributed by atoms with Crippen LogP contribution in [0, 0.1) is 0 Å². The molecule has 0 radical (unpaired) electrons. The highest BCUT2D eigenvalue weighted by Crippen LogP contribution is 2.39. The molecule has 1 heterocycles. The van der Waals surface area contributed by atoms with E-state index in [0.717, 1.165) is 13.0 Å². The molecule has 0 amide bonds. The Balaban J connectivity index is 2.51. The number of rotatable bonds is 5. The average Bonchev–Trinajstić information content (AvgIpc) is 2.93. The van der Waals surface area contributed by atoms with Crippen molar-refractivity contribution in [2.24, 2.45) is 0 Å². The summed E-state index contributed by atoms with van der Waals surface area (Å²) >= 11 is 0. The highest BCUT2D eigenvalue weighted by Gasteiger charge is 2.37. The van der Waals surface area contributed by atoms with E-state index in [4.69, 9.17) is 0 Å². The summed E-state index contributed by atoms with van der Waals surface area (Å²) in [6.45, 7) is 3.03. The first kappa shape index (κ1) is 19.3. The second kappa shape index (κ2) is 7.07. The predicted molar refractivity (Wildman–Crippen MR) is 80.7 cm³/mol. The third kappa shape index (κ3) is 4.75. The number of nitrogens with zero attached hydrogens (tertiary/aromatic N) is 2. The number of hydrogen-bond donors (Lipinski definition) is 1. The molecular weight excluding hydrogens is 348 g/mol. The van der Waals surface area contributed by atoms with Crippen LogP contribution >= 0.6 is 0 Å². The van der Waals surface area contributed by atoms with Crippen molar-refractivity contribution in [1.29, 1.82) is 0 Å². The van der Waals surface area contributed by atoms with Gasteiger partial charge >= 0.3 is 12.4 Å². The number of benzene rings is 1. The largest absolute Gasteiger partial charge is 0.416 e. The van der Waals surface area contributed by atoms with Gasteiger partial charge in [0.25, 0.3) is 0 Å². The third-order valence-corrected chi connectivity index (χ3v) is 3.65. The number of halogens is 6. The number of nitrogens with one attached hydrogen (secondary N) is 1. The summed E-state index contributed by atoms with van der Waals surface area (Å²) < 4.78 is 77.9. The highest BCUT2D eigenvalue weighted by molar-refractivity contribution is 5.67. The molecule has 1 aromatic carbocycles. The van der Waals surface area contributed by atoms with Crippen molar-refractivity contribution >= 4 is 0 Å². The minimum Gasteiger partial charge on any atom is -0.301 e. The maximum absolute atomic E-state index is 13.0. The van der Waals surface area contributed by atoms with E-state index in [9.17, 15) is 26.3 Å². The quantitative estimate of drug-likeness (QED) is 0.760. The Bertz CT molecular complexity index is 685. The first-order chi connectivity index (χ1) is 11.5. The summed E-state index contributed by atoms with van der Waals surface area (Å²) in [5.41, 5.74) is -2.17. The van der Waals surface area contributed by atoms with Crippen LogP contribution in [0.5, 0.6) is 0 Å². The second-order valence-corrected chi connectivity index (χ2v) is 5.79. The number of H-pyrrole nitrogens is 1. The highest BCUT2D eigenvalue weighted by atomic mass is 19.4. The third-order valence-electron chi connectivity index (χ3n) is 3.65. The van der Waals surface area contributed by atoms with Gasteiger partial charge in [-0.25, -0.2) is 0 Å². The smallest absolute Gasteiger partial charge is 0.301 e. The van der Waals surface area contributed by atoms with Crippen molar-refractivity contribution in [1.82, 2.24) is 15.1 Å². The van der Waals surface area contributed by atoms with Gasteiger partial charge in [-0.3, -0.25) is 5.10 Å². The van der Waals surface area contributed by atoms with Crippen LogP contribution < -0.4 is 0 Å². The Morgan fingerprint density at radius 2 is 1.56 bits per heavy atom. The van der Waals surface area contributed by atoms with E-state index in [2.05, 4.69) is 10.2 Å². The van der Waals surface area contributed by atoms with Crippen molar-refractivity contribution in [3.8, 4) is 11.1 Å². The average molecular weight is 365 g/mol. The zero-order valence-electron chi connectivity index (χ0n) is 13.6. The molecule has 3 nitrogen and oxygen atoms in total. The summed E-state index contributed by atoms with van der Waals surface area (Å²) in [7, 11) is 1.81. The van der Waals surface area contributed by atoms with Gasteiger partial charge in [-0.05, 0) is 43.8 Å². The van der Waals surface area contributed by atoms with Crippen LogP contribution in [0.2, 0.25) is 0 Å². The molecule has 9 heteroatoms. The zero-order chi connectivity index (χ0) is 18.8. The van der Waals surface area contributed by atoms with Gasteiger partial charge in [0.15, 0.2) is 0 Å². The van der Waals surface area contributed by atoms with Gasteiger partial charge in [0.2, 0.25) is 0 Å². The number of aromatic nitrogens is 2. The molecule has 1 aromatic heterocycles. The maximum atomic E-state index is 13.0. The van der Waals surface area contributed by atoms with Crippen molar-refractivity contribution < 1.29 is 26.3 Å². The SMILES string of the molecule is CCCN(C)Cc1[nH]ncc1-c1cc(C(F)(F)F)cc(C(F)(F)F)c1. The zero-order valence-corrected chi connectivity index (χ0v) is 13.6. The Morgan fingerprint density at radius 3 is 2.04 bits per heavy atom. The summed E-state index contributed by atoms with van der Waals surface area (Å²) in [4.78, 5) is 1.90. The minimum atomic E-state index is -4.88. The molecule has 0 bridgehead atoms. The van der Waals surface area contributed by atoms with Gasteiger partial charge in [0.1, 0.15) is 0 Å². The van der Waals surface area contributed by atoms with E-state index in [1.807, 2.05) is 11.8 Å². The number of aromatic amines is 1. The summed E-state index contributed by atoms with van der Waals surface area (Å²) in [5, 5.41) is 6.44. The fraction of sp³-hybridized carbons (Fsp3) is 0.438. The number of hydrogen-bond acceptors (Lipinski definition) is 2. The normalized spacial score (nSPS) is 12.8. The molecule has 0 saturated carbocycles. The van der Waals surface area contributed by atoms with Gasteiger partial charge in [0.05, 0.1) is 23.0 Å².